The predicted molar refractivity (Wildman–Crippen MR) is 99.2 cm³/mol. The van der Waals surface area contributed by atoms with E-state index < -0.39 is 10.0 Å². The number of aromatic nitrogens is 3. The van der Waals surface area contributed by atoms with Crippen molar-refractivity contribution in [3.8, 4) is 0 Å². The van der Waals surface area contributed by atoms with Crippen molar-refractivity contribution in [1.82, 2.24) is 30.3 Å². The van der Waals surface area contributed by atoms with E-state index >= 15 is 0 Å². The summed E-state index contributed by atoms with van der Waals surface area (Å²) in [7, 11) is -3.58. The van der Waals surface area contributed by atoms with Crippen LogP contribution < -0.4 is 15.4 Å². The predicted octanol–water partition coefficient (Wildman–Crippen LogP) is 1.07. The Morgan fingerprint density at radius 2 is 1.92 bits per heavy atom. The molecule has 1 aromatic carbocycles. The Morgan fingerprint density at radius 1 is 1.19 bits per heavy atom. The second-order valence-corrected chi connectivity index (χ2v) is 8.48. The van der Waals surface area contributed by atoms with Crippen molar-refractivity contribution in [3.05, 3.63) is 18.2 Å². The van der Waals surface area contributed by atoms with E-state index in [-0.39, 0.29) is 17.0 Å². The zero-order valence-corrected chi connectivity index (χ0v) is 16.3. The van der Waals surface area contributed by atoms with Gasteiger partial charge in [0.05, 0.1) is 17.0 Å². The summed E-state index contributed by atoms with van der Waals surface area (Å²) in [5, 5.41) is 13.6. The van der Waals surface area contributed by atoms with E-state index in [1.165, 1.54) is 12.1 Å². The van der Waals surface area contributed by atoms with E-state index in [0.29, 0.717) is 36.6 Å². The zero-order valence-electron chi connectivity index (χ0n) is 15.5. The zero-order chi connectivity index (χ0) is 19.3. The molecule has 0 fully saturated rings. The van der Waals surface area contributed by atoms with Gasteiger partial charge >= 0.3 is 6.03 Å². The number of fused-ring (bicyclic) bond motifs is 1. The molecule has 9 nitrogen and oxygen atoms in total. The van der Waals surface area contributed by atoms with Gasteiger partial charge in [-0.15, -0.1) is 5.10 Å². The van der Waals surface area contributed by atoms with Gasteiger partial charge in [-0.3, -0.25) is 0 Å². The second kappa shape index (κ2) is 8.45. The Morgan fingerprint density at radius 3 is 2.58 bits per heavy atom. The third-order valence-electron chi connectivity index (χ3n) is 3.47. The fraction of sp³-hybridized carbons (Fsp3) is 0.562. The van der Waals surface area contributed by atoms with Gasteiger partial charge in [0.15, 0.2) is 0 Å². The molecule has 2 rings (SSSR count). The first-order valence-corrected chi connectivity index (χ1v) is 10.0. The summed E-state index contributed by atoms with van der Waals surface area (Å²) in [6.45, 7) is 8.99. The van der Waals surface area contributed by atoms with Crippen LogP contribution in [0.2, 0.25) is 0 Å². The summed E-state index contributed by atoms with van der Waals surface area (Å²) in [6.07, 6.45) is 0. The first-order chi connectivity index (χ1) is 12.2. The van der Waals surface area contributed by atoms with Gasteiger partial charge in [-0.05, 0) is 38.0 Å². The number of nitrogens with one attached hydrogen (secondary N) is 3. The number of urea groups is 1. The van der Waals surface area contributed by atoms with Crippen molar-refractivity contribution in [2.24, 2.45) is 5.92 Å². The summed E-state index contributed by atoms with van der Waals surface area (Å²) in [5.74, 6) is 0.385. The summed E-state index contributed by atoms with van der Waals surface area (Å²) in [4.78, 5) is 11.8. The molecule has 144 valence electrons. The number of nitrogens with zero attached hydrogens (tertiary/aromatic N) is 3. The van der Waals surface area contributed by atoms with Gasteiger partial charge in [0.25, 0.3) is 0 Å². The van der Waals surface area contributed by atoms with Crippen molar-refractivity contribution in [1.29, 1.82) is 0 Å². The Bertz CT molecular complexity index is 860. The molecule has 1 heterocycles. The number of benzene rings is 1. The van der Waals surface area contributed by atoms with Crippen molar-refractivity contribution < 1.29 is 13.2 Å². The molecule has 26 heavy (non-hydrogen) atoms. The van der Waals surface area contributed by atoms with Crippen LogP contribution in [0.1, 0.15) is 27.7 Å². The van der Waals surface area contributed by atoms with E-state index in [1.807, 2.05) is 13.8 Å². The Balaban J connectivity index is 2.02. The molecule has 0 saturated carbocycles. The molecule has 3 N–H and O–H groups in total. The molecule has 0 aliphatic rings. The Hall–Kier alpha value is -2.20. The van der Waals surface area contributed by atoms with Gasteiger partial charge in [0.2, 0.25) is 10.0 Å². The highest BCUT2D eigenvalue weighted by Gasteiger charge is 2.17. The van der Waals surface area contributed by atoms with Crippen molar-refractivity contribution >= 4 is 27.1 Å². The SMILES string of the molecule is CC(C)CNC(=O)NCCn1nnc2cc(S(=O)(=O)NC(C)C)ccc21. The molecule has 0 aliphatic carbocycles. The number of carbonyl (C=O) groups excluding carboxylic acids is 1. The van der Waals surface area contributed by atoms with Crippen LogP contribution in [0.3, 0.4) is 0 Å². The van der Waals surface area contributed by atoms with Crippen molar-refractivity contribution in [2.75, 3.05) is 13.1 Å². The minimum atomic E-state index is -3.58. The van der Waals surface area contributed by atoms with Gasteiger partial charge in [-0.25, -0.2) is 22.6 Å². The summed E-state index contributed by atoms with van der Waals surface area (Å²) in [5.41, 5.74) is 1.19. The number of hydrogen-bond acceptors (Lipinski definition) is 5. The van der Waals surface area contributed by atoms with Gasteiger partial charge in [-0.1, -0.05) is 19.1 Å². The van der Waals surface area contributed by atoms with Gasteiger partial charge in [0, 0.05) is 19.1 Å². The molecule has 0 aliphatic heterocycles. The molecule has 0 radical (unpaired) electrons. The molecule has 0 saturated heterocycles. The monoisotopic (exact) mass is 382 g/mol. The minimum absolute atomic E-state index is 0.150. The van der Waals surface area contributed by atoms with Crippen LogP contribution in [0.5, 0.6) is 0 Å². The molecular formula is C16H26N6O3S. The molecule has 2 aromatic rings. The highest BCUT2D eigenvalue weighted by molar-refractivity contribution is 7.89. The lowest BCUT2D eigenvalue weighted by Gasteiger charge is -2.10. The number of amides is 2. The quantitative estimate of drug-likeness (QED) is 0.631. The fourth-order valence-electron chi connectivity index (χ4n) is 2.30. The van der Waals surface area contributed by atoms with E-state index in [1.54, 1.807) is 24.6 Å². The average Bonchev–Trinajstić information content (AvgIpc) is 2.94. The number of rotatable bonds is 8. The highest BCUT2D eigenvalue weighted by atomic mass is 32.2. The lowest BCUT2D eigenvalue weighted by atomic mass is 10.2. The Labute approximate surface area is 153 Å². The minimum Gasteiger partial charge on any atom is -0.338 e. The first kappa shape index (κ1) is 20.1. The van der Waals surface area contributed by atoms with Crippen LogP contribution in [0.15, 0.2) is 23.1 Å². The highest BCUT2D eigenvalue weighted by Crippen LogP contribution is 2.17. The summed E-state index contributed by atoms with van der Waals surface area (Å²) < 4.78 is 28.6. The molecule has 0 atom stereocenters. The van der Waals surface area contributed by atoms with E-state index in [2.05, 4.69) is 25.7 Å². The maximum absolute atomic E-state index is 12.2. The number of sulfonamides is 1. The van der Waals surface area contributed by atoms with E-state index in [0.717, 1.165) is 0 Å². The van der Waals surface area contributed by atoms with Crippen molar-refractivity contribution in [2.45, 2.75) is 45.2 Å². The van der Waals surface area contributed by atoms with Crippen LogP contribution >= 0.6 is 0 Å². The van der Waals surface area contributed by atoms with Crippen LogP contribution in [-0.2, 0) is 16.6 Å². The van der Waals surface area contributed by atoms with Crippen LogP contribution in [0.25, 0.3) is 11.0 Å². The third kappa shape index (κ3) is 5.40. The van der Waals surface area contributed by atoms with Crippen LogP contribution in [0, 0.1) is 5.92 Å². The normalized spacial score (nSPS) is 12.1. The second-order valence-electron chi connectivity index (χ2n) is 6.77. The van der Waals surface area contributed by atoms with Gasteiger partial charge in [-0.2, -0.15) is 0 Å². The molecule has 10 heteroatoms. The topological polar surface area (TPSA) is 118 Å². The molecule has 0 bridgehead atoms. The summed E-state index contributed by atoms with van der Waals surface area (Å²) >= 11 is 0. The van der Waals surface area contributed by atoms with E-state index in [9.17, 15) is 13.2 Å². The summed E-state index contributed by atoms with van der Waals surface area (Å²) in [6, 6.07) is 4.26. The number of hydrogen-bond donors (Lipinski definition) is 3. The Kier molecular flexibility index (Phi) is 6.54. The smallest absolute Gasteiger partial charge is 0.314 e. The standard InChI is InChI=1S/C16H26N6O3S/c1-11(2)10-18-16(23)17-7-8-22-15-6-5-13(9-14(15)19-21-22)26(24,25)20-12(3)4/h5-6,9,11-12,20H,7-8,10H2,1-4H3,(H2,17,18,23). The lowest BCUT2D eigenvalue weighted by Crippen LogP contribution is -2.38. The first-order valence-electron chi connectivity index (χ1n) is 8.56. The van der Waals surface area contributed by atoms with Gasteiger partial charge < -0.3 is 10.6 Å². The lowest BCUT2D eigenvalue weighted by molar-refractivity contribution is 0.239. The van der Waals surface area contributed by atoms with Gasteiger partial charge in [0.1, 0.15) is 5.52 Å². The maximum atomic E-state index is 12.2. The van der Waals surface area contributed by atoms with E-state index in [4.69, 9.17) is 0 Å². The number of carbonyl (C=O) groups is 1. The van der Waals surface area contributed by atoms with Crippen molar-refractivity contribution in [3.63, 3.8) is 0 Å². The van der Waals surface area contributed by atoms with Crippen LogP contribution in [-0.4, -0.2) is 48.6 Å². The maximum Gasteiger partial charge on any atom is 0.314 e. The molecular weight excluding hydrogens is 356 g/mol. The average molecular weight is 382 g/mol. The third-order valence-corrected chi connectivity index (χ3v) is 5.12. The molecule has 2 amide bonds. The fourth-order valence-corrected chi connectivity index (χ4v) is 3.57. The largest absolute Gasteiger partial charge is 0.338 e. The molecule has 0 unspecified atom stereocenters. The molecule has 0 spiro atoms. The molecule has 1 aromatic heterocycles. The van der Waals surface area contributed by atoms with Crippen LogP contribution in [0.4, 0.5) is 4.79 Å².